The quantitative estimate of drug-likeness (QED) is 0.542. The molecule has 2 unspecified atom stereocenters. The zero-order chi connectivity index (χ0) is 25.7. The van der Waals surface area contributed by atoms with Crippen LogP contribution < -0.4 is 5.32 Å². The molecule has 3 heterocycles. The Bertz CT molecular complexity index is 1240. The molecule has 1 fully saturated rings. The number of anilines is 1. The summed E-state index contributed by atoms with van der Waals surface area (Å²) in [4.78, 5) is 45.5. The van der Waals surface area contributed by atoms with E-state index in [2.05, 4.69) is 10.3 Å². The number of carbonyl (C=O) groups excluding carboxylic acids is 3. The largest absolute Gasteiger partial charge is 0.419 e. The van der Waals surface area contributed by atoms with E-state index in [1.165, 1.54) is 29.1 Å². The highest BCUT2D eigenvalue weighted by Crippen LogP contribution is 2.48. The lowest BCUT2D eigenvalue weighted by atomic mass is 9.91. The van der Waals surface area contributed by atoms with Gasteiger partial charge in [0.1, 0.15) is 5.82 Å². The number of halogens is 4. The van der Waals surface area contributed by atoms with E-state index in [4.69, 9.17) is 0 Å². The summed E-state index contributed by atoms with van der Waals surface area (Å²) in [5, 5.41) is 3.91. The van der Waals surface area contributed by atoms with Crippen LogP contribution >= 0.6 is 23.1 Å². The number of alkyl halides is 3. The van der Waals surface area contributed by atoms with E-state index in [0.29, 0.717) is 18.1 Å². The van der Waals surface area contributed by atoms with E-state index in [-0.39, 0.29) is 28.7 Å². The van der Waals surface area contributed by atoms with Crippen LogP contribution in [-0.2, 0) is 15.8 Å². The molecule has 4 rings (SSSR count). The highest BCUT2D eigenvalue weighted by atomic mass is 32.2. The smallest absolute Gasteiger partial charge is 0.314 e. The molecule has 2 atom stereocenters. The minimum atomic E-state index is -4.80. The molecule has 2 aliphatic heterocycles. The fourth-order valence-electron chi connectivity index (χ4n) is 4.08. The maximum atomic E-state index is 13.9. The standard InChI is InChI=1S/C22H20F4N4O3S2/c1-4-15-11(17-18(32)29(2)21(33)30(3)19(17)35-15)8-16(31)28-20-27-14(9-34-20)10-5-6-12(13(23)7-10)22(24,25)26/h5-7,9,17,19H,4,8H2,1-3H3,(H,27,28,31). The summed E-state index contributed by atoms with van der Waals surface area (Å²) in [5.74, 6) is -2.83. The number of thiazole rings is 1. The third-order valence-electron chi connectivity index (χ3n) is 5.84. The van der Waals surface area contributed by atoms with E-state index >= 15 is 0 Å². The number of hydrogen-bond acceptors (Lipinski definition) is 6. The normalized spacial score (nSPS) is 20.5. The first kappa shape index (κ1) is 25.2. The van der Waals surface area contributed by atoms with Crippen LogP contribution in [0, 0.1) is 11.7 Å². The Labute approximate surface area is 206 Å². The zero-order valence-electron chi connectivity index (χ0n) is 18.8. The number of urea groups is 1. The Hall–Kier alpha value is -2.93. The fraction of sp³-hybridized carbons (Fsp3) is 0.364. The van der Waals surface area contributed by atoms with Crippen molar-refractivity contribution in [3.05, 3.63) is 45.4 Å². The van der Waals surface area contributed by atoms with Gasteiger partial charge < -0.3 is 10.2 Å². The van der Waals surface area contributed by atoms with Crippen LogP contribution in [0.25, 0.3) is 11.3 Å². The van der Waals surface area contributed by atoms with E-state index in [1.54, 1.807) is 7.05 Å². The van der Waals surface area contributed by atoms with Crippen molar-refractivity contribution in [2.45, 2.75) is 31.3 Å². The Kier molecular flexibility index (Phi) is 6.66. The number of benzene rings is 1. The van der Waals surface area contributed by atoms with Gasteiger partial charge >= 0.3 is 12.2 Å². The molecule has 1 N–H and O–H groups in total. The topological polar surface area (TPSA) is 82.6 Å². The van der Waals surface area contributed by atoms with E-state index in [1.807, 2.05) is 6.92 Å². The third kappa shape index (κ3) is 4.66. The Morgan fingerprint density at radius 1 is 1.23 bits per heavy atom. The van der Waals surface area contributed by atoms with Gasteiger partial charge in [0, 0.05) is 31.5 Å². The van der Waals surface area contributed by atoms with Crippen LogP contribution in [0.4, 0.5) is 27.5 Å². The Balaban J connectivity index is 1.49. The lowest BCUT2D eigenvalue weighted by Crippen LogP contribution is -2.57. The number of nitrogens with zero attached hydrogens (tertiary/aromatic N) is 3. The van der Waals surface area contributed by atoms with Gasteiger partial charge in [-0.05, 0) is 29.0 Å². The van der Waals surface area contributed by atoms with Crippen LogP contribution in [0.3, 0.4) is 0 Å². The lowest BCUT2D eigenvalue weighted by Gasteiger charge is -2.38. The van der Waals surface area contributed by atoms with Crippen LogP contribution in [0.5, 0.6) is 0 Å². The number of amides is 4. The van der Waals surface area contributed by atoms with E-state index in [0.717, 1.165) is 33.3 Å². The molecular formula is C22H20F4N4O3S2. The monoisotopic (exact) mass is 528 g/mol. The number of carbonyl (C=O) groups is 3. The van der Waals surface area contributed by atoms with Crippen LogP contribution in [0.2, 0.25) is 0 Å². The molecule has 2 aliphatic rings. The second-order valence-corrected chi connectivity index (χ2v) is 10.1. The molecule has 1 saturated heterocycles. The molecule has 13 heteroatoms. The summed E-state index contributed by atoms with van der Waals surface area (Å²) < 4.78 is 52.3. The van der Waals surface area contributed by atoms with Crippen molar-refractivity contribution in [1.29, 1.82) is 0 Å². The van der Waals surface area contributed by atoms with Crippen molar-refractivity contribution in [3.63, 3.8) is 0 Å². The first-order valence-corrected chi connectivity index (χ1v) is 12.2. The average molecular weight is 529 g/mol. The molecule has 0 aliphatic carbocycles. The van der Waals surface area contributed by atoms with Crippen LogP contribution in [0.15, 0.2) is 34.1 Å². The van der Waals surface area contributed by atoms with Gasteiger partial charge in [0.05, 0.1) is 22.5 Å². The van der Waals surface area contributed by atoms with Crippen LogP contribution in [0.1, 0.15) is 25.3 Å². The van der Waals surface area contributed by atoms with Crippen molar-refractivity contribution < 1.29 is 31.9 Å². The van der Waals surface area contributed by atoms with Crippen molar-refractivity contribution >= 4 is 46.1 Å². The summed E-state index contributed by atoms with van der Waals surface area (Å²) in [7, 11) is 3.03. The number of fused-ring (bicyclic) bond motifs is 1. The molecule has 1 aromatic carbocycles. The SMILES string of the molecule is CCC1=C(CC(=O)Nc2nc(-c3ccc(C(F)(F)F)c(F)c3)cs2)C2C(=O)N(C)C(=O)N(C)C2S1. The highest BCUT2D eigenvalue weighted by Gasteiger charge is 2.50. The molecule has 35 heavy (non-hydrogen) atoms. The van der Waals surface area contributed by atoms with Crippen molar-refractivity contribution in [2.75, 3.05) is 19.4 Å². The summed E-state index contributed by atoms with van der Waals surface area (Å²) in [6, 6.07) is 2.11. The maximum Gasteiger partial charge on any atom is 0.419 e. The first-order valence-electron chi connectivity index (χ1n) is 10.5. The molecular weight excluding hydrogens is 508 g/mol. The predicted octanol–water partition coefficient (Wildman–Crippen LogP) is 5.17. The molecule has 7 nitrogen and oxygen atoms in total. The highest BCUT2D eigenvalue weighted by molar-refractivity contribution is 8.04. The van der Waals surface area contributed by atoms with Gasteiger partial charge in [0.2, 0.25) is 11.8 Å². The molecule has 0 bridgehead atoms. The zero-order valence-corrected chi connectivity index (χ0v) is 20.4. The number of thioether (sulfide) groups is 1. The first-order chi connectivity index (χ1) is 16.4. The molecule has 0 radical (unpaired) electrons. The van der Waals surface area contributed by atoms with E-state index < -0.39 is 40.8 Å². The summed E-state index contributed by atoms with van der Waals surface area (Å²) in [6.45, 7) is 1.91. The minimum Gasteiger partial charge on any atom is -0.314 e. The average Bonchev–Trinajstić information content (AvgIpc) is 3.40. The second-order valence-electron chi connectivity index (χ2n) is 8.03. The van der Waals surface area contributed by atoms with Crippen molar-refractivity contribution in [2.24, 2.45) is 5.92 Å². The number of nitrogens with one attached hydrogen (secondary N) is 1. The second kappa shape index (κ2) is 9.26. The van der Waals surface area contributed by atoms with Gasteiger partial charge in [0.25, 0.3) is 0 Å². The number of allylic oxidation sites excluding steroid dienone is 1. The molecule has 0 saturated carbocycles. The Morgan fingerprint density at radius 3 is 2.57 bits per heavy atom. The molecule has 1 aromatic heterocycles. The minimum absolute atomic E-state index is 0.0806. The fourth-order valence-corrected chi connectivity index (χ4v) is 6.29. The Morgan fingerprint density at radius 2 is 1.94 bits per heavy atom. The van der Waals surface area contributed by atoms with Gasteiger partial charge in [-0.15, -0.1) is 23.1 Å². The van der Waals surface area contributed by atoms with Gasteiger partial charge in [-0.1, -0.05) is 13.0 Å². The number of imide groups is 1. The molecule has 4 amide bonds. The van der Waals surface area contributed by atoms with Gasteiger partial charge in [-0.2, -0.15) is 13.2 Å². The van der Waals surface area contributed by atoms with Gasteiger partial charge in [-0.25, -0.2) is 14.2 Å². The molecule has 0 spiro atoms. The number of hydrogen-bond donors (Lipinski definition) is 1. The summed E-state index contributed by atoms with van der Waals surface area (Å²) in [6.07, 6.45) is -4.28. The van der Waals surface area contributed by atoms with Crippen LogP contribution in [-0.4, -0.2) is 52.1 Å². The van der Waals surface area contributed by atoms with Gasteiger partial charge in [-0.3, -0.25) is 14.5 Å². The number of rotatable bonds is 5. The summed E-state index contributed by atoms with van der Waals surface area (Å²) in [5.41, 5.74) is -0.361. The van der Waals surface area contributed by atoms with Crippen molar-refractivity contribution in [1.82, 2.24) is 14.8 Å². The summed E-state index contributed by atoms with van der Waals surface area (Å²) >= 11 is 2.44. The predicted molar refractivity (Wildman–Crippen MR) is 124 cm³/mol. The maximum absolute atomic E-state index is 13.9. The molecule has 2 aromatic rings. The van der Waals surface area contributed by atoms with E-state index in [9.17, 15) is 31.9 Å². The lowest BCUT2D eigenvalue weighted by molar-refractivity contribution is -0.140. The molecule has 186 valence electrons. The number of aromatic nitrogens is 1. The van der Waals surface area contributed by atoms with Crippen molar-refractivity contribution in [3.8, 4) is 11.3 Å². The van der Waals surface area contributed by atoms with Gasteiger partial charge in [0.15, 0.2) is 5.13 Å². The third-order valence-corrected chi connectivity index (χ3v) is 8.26.